The lowest BCUT2D eigenvalue weighted by Crippen LogP contribution is -2.19. The van der Waals surface area contributed by atoms with Gasteiger partial charge in [0.25, 0.3) is 5.91 Å². The van der Waals surface area contributed by atoms with Crippen LogP contribution in [0.15, 0.2) is 24.3 Å². The third-order valence-corrected chi connectivity index (χ3v) is 1.90. The van der Waals surface area contributed by atoms with Crippen LogP contribution in [-0.4, -0.2) is 31.2 Å². The van der Waals surface area contributed by atoms with E-state index < -0.39 is 0 Å². The fraction of sp³-hybridized carbons (Fsp3) is 0.143. The van der Waals surface area contributed by atoms with E-state index in [1.54, 1.807) is 38.4 Å². The Labute approximate surface area is 100 Å². The SMILES string of the molecule is CN(C)C(=O)C#Cc1ccccc1C#CC=O. The predicted molar refractivity (Wildman–Crippen MR) is 65.0 cm³/mol. The molecule has 0 atom stereocenters. The summed E-state index contributed by atoms with van der Waals surface area (Å²) in [5, 5.41) is 0. The third kappa shape index (κ3) is 3.85. The number of rotatable bonds is 0. The fourth-order valence-corrected chi connectivity index (χ4v) is 1.04. The molecule has 0 unspecified atom stereocenters. The van der Waals surface area contributed by atoms with Crippen LogP contribution in [0.1, 0.15) is 11.1 Å². The van der Waals surface area contributed by atoms with E-state index in [1.165, 1.54) is 4.90 Å². The second kappa shape index (κ2) is 6.15. The van der Waals surface area contributed by atoms with Crippen molar-refractivity contribution in [1.29, 1.82) is 0 Å². The molecule has 0 aliphatic heterocycles. The van der Waals surface area contributed by atoms with Gasteiger partial charge in [-0.05, 0) is 18.1 Å². The Morgan fingerprint density at radius 1 is 1.18 bits per heavy atom. The van der Waals surface area contributed by atoms with Crippen molar-refractivity contribution >= 4 is 12.2 Å². The first-order valence-corrected chi connectivity index (χ1v) is 4.92. The summed E-state index contributed by atoms with van der Waals surface area (Å²) in [4.78, 5) is 22.9. The molecule has 1 amide bonds. The molecule has 0 spiro atoms. The molecule has 0 aliphatic rings. The standard InChI is InChI=1S/C14H11NO2/c1-15(2)14(17)10-9-13-7-4-3-6-12(13)8-5-11-16/h3-4,6-7,11H,1-2H3. The van der Waals surface area contributed by atoms with Crippen molar-refractivity contribution in [3.63, 3.8) is 0 Å². The molecule has 0 aliphatic carbocycles. The second-order valence-corrected chi connectivity index (χ2v) is 3.38. The van der Waals surface area contributed by atoms with Crippen LogP contribution >= 0.6 is 0 Å². The zero-order chi connectivity index (χ0) is 12.7. The number of nitrogens with zero attached hydrogens (tertiary/aromatic N) is 1. The van der Waals surface area contributed by atoms with Crippen LogP contribution in [0.5, 0.6) is 0 Å². The minimum absolute atomic E-state index is 0.275. The maximum absolute atomic E-state index is 11.3. The molecule has 0 bridgehead atoms. The van der Waals surface area contributed by atoms with Gasteiger partial charge >= 0.3 is 0 Å². The average molecular weight is 225 g/mol. The summed E-state index contributed by atoms with van der Waals surface area (Å²) in [6, 6.07) is 7.11. The van der Waals surface area contributed by atoms with E-state index in [2.05, 4.69) is 23.7 Å². The van der Waals surface area contributed by atoms with Gasteiger partial charge in [-0.1, -0.05) is 24.0 Å². The molecular weight excluding hydrogens is 214 g/mol. The normalized spacial score (nSPS) is 8.12. The smallest absolute Gasteiger partial charge is 0.298 e. The fourth-order valence-electron chi connectivity index (χ4n) is 1.04. The Balaban J connectivity index is 3.06. The molecule has 3 heteroatoms. The number of amides is 1. The highest BCUT2D eigenvalue weighted by Gasteiger charge is 1.98. The van der Waals surface area contributed by atoms with Crippen LogP contribution in [-0.2, 0) is 9.59 Å². The summed E-state index contributed by atoms with van der Waals surface area (Å²) in [5.74, 6) is 9.96. The molecule has 0 aromatic heterocycles. The molecule has 1 aromatic carbocycles. The van der Waals surface area contributed by atoms with Gasteiger partial charge in [-0.15, -0.1) is 0 Å². The maximum Gasteiger partial charge on any atom is 0.298 e. The monoisotopic (exact) mass is 225 g/mol. The van der Waals surface area contributed by atoms with Gasteiger partial charge in [0.2, 0.25) is 0 Å². The molecule has 17 heavy (non-hydrogen) atoms. The van der Waals surface area contributed by atoms with Crippen LogP contribution in [0.2, 0.25) is 0 Å². The van der Waals surface area contributed by atoms with Crippen molar-refractivity contribution < 1.29 is 9.59 Å². The lowest BCUT2D eigenvalue weighted by Gasteiger charge is -2.02. The summed E-state index contributed by atoms with van der Waals surface area (Å²) >= 11 is 0. The zero-order valence-electron chi connectivity index (χ0n) is 9.65. The summed E-state index contributed by atoms with van der Waals surface area (Å²) in [6.07, 6.45) is 0.523. The van der Waals surface area contributed by atoms with E-state index in [0.717, 1.165) is 0 Å². The highest BCUT2D eigenvalue weighted by molar-refractivity contribution is 5.93. The Morgan fingerprint density at radius 2 is 1.76 bits per heavy atom. The van der Waals surface area contributed by atoms with E-state index in [-0.39, 0.29) is 5.91 Å². The first-order valence-electron chi connectivity index (χ1n) is 4.92. The highest BCUT2D eigenvalue weighted by Crippen LogP contribution is 2.05. The Morgan fingerprint density at radius 3 is 2.29 bits per heavy atom. The van der Waals surface area contributed by atoms with Crippen LogP contribution in [0, 0.1) is 23.7 Å². The molecule has 1 rings (SSSR count). The highest BCUT2D eigenvalue weighted by atomic mass is 16.2. The number of carbonyl (C=O) groups is 2. The minimum atomic E-state index is -0.275. The summed E-state index contributed by atoms with van der Waals surface area (Å²) in [6.45, 7) is 0. The van der Waals surface area contributed by atoms with E-state index in [9.17, 15) is 9.59 Å². The molecule has 1 aromatic rings. The van der Waals surface area contributed by atoms with Gasteiger partial charge in [-0.3, -0.25) is 9.59 Å². The number of benzene rings is 1. The van der Waals surface area contributed by atoms with Crippen molar-refractivity contribution in [2.24, 2.45) is 0 Å². The summed E-state index contributed by atoms with van der Waals surface area (Å²) in [5.41, 5.74) is 1.27. The molecule has 3 nitrogen and oxygen atoms in total. The molecule has 0 N–H and O–H groups in total. The van der Waals surface area contributed by atoms with Crippen molar-refractivity contribution in [3.05, 3.63) is 35.4 Å². The number of carbonyl (C=O) groups excluding carboxylic acids is 2. The predicted octanol–water partition coefficient (Wildman–Crippen LogP) is 0.677. The van der Waals surface area contributed by atoms with Crippen LogP contribution < -0.4 is 0 Å². The number of aldehydes is 1. The molecule has 0 heterocycles. The lowest BCUT2D eigenvalue weighted by atomic mass is 10.1. The minimum Gasteiger partial charge on any atom is -0.338 e. The Kier molecular flexibility index (Phi) is 4.54. The van der Waals surface area contributed by atoms with Gasteiger partial charge in [0.15, 0.2) is 6.29 Å². The molecule has 0 fully saturated rings. The van der Waals surface area contributed by atoms with Gasteiger partial charge in [-0.2, -0.15) is 0 Å². The van der Waals surface area contributed by atoms with Gasteiger partial charge in [0.05, 0.1) is 0 Å². The Hall–Kier alpha value is -2.52. The quantitative estimate of drug-likeness (QED) is 0.481. The number of hydrogen-bond donors (Lipinski definition) is 0. The summed E-state index contributed by atoms with van der Waals surface area (Å²) < 4.78 is 0. The first-order chi connectivity index (χ1) is 8.15. The van der Waals surface area contributed by atoms with Crippen molar-refractivity contribution in [2.75, 3.05) is 14.1 Å². The zero-order valence-corrected chi connectivity index (χ0v) is 9.65. The third-order valence-electron chi connectivity index (χ3n) is 1.90. The number of hydrogen-bond acceptors (Lipinski definition) is 2. The molecular formula is C14H11NO2. The summed E-state index contributed by atoms with van der Waals surface area (Å²) in [7, 11) is 3.27. The van der Waals surface area contributed by atoms with Crippen LogP contribution in [0.25, 0.3) is 0 Å². The topological polar surface area (TPSA) is 37.4 Å². The lowest BCUT2D eigenvalue weighted by molar-refractivity contribution is -0.122. The Bertz CT molecular complexity index is 551. The molecule has 0 saturated heterocycles. The van der Waals surface area contributed by atoms with Crippen molar-refractivity contribution in [2.45, 2.75) is 0 Å². The van der Waals surface area contributed by atoms with E-state index in [0.29, 0.717) is 17.4 Å². The molecule has 84 valence electrons. The van der Waals surface area contributed by atoms with Crippen LogP contribution in [0.4, 0.5) is 0 Å². The van der Waals surface area contributed by atoms with E-state index >= 15 is 0 Å². The van der Waals surface area contributed by atoms with Crippen LogP contribution in [0.3, 0.4) is 0 Å². The maximum atomic E-state index is 11.3. The average Bonchev–Trinajstić information content (AvgIpc) is 2.34. The molecule has 0 saturated carbocycles. The largest absolute Gasteiger partial charge is 0.338 e. The van der Waals surface area contributed by atoms with Gasteiger partial charge in [0, 0.05) is 31.1 Å². The van der Waals surface area contributed by atoms with E-state index in [1.807, 2.05) is 0 Å². The van der Waals surface area contributed by atoms with Gasteiger partial charge in [-0.25, -0.2) is 0 Å². The second-order valence-electron chi connectivity index (χ2n) is 3.38. The van der Waals surface area contributed by atoms with Crippen molar-refractivity contribution in [3.8, 4) is 23.7 Å². The first kappa shape index (κ1) is 12.5. The van der Waals surface area contributed by atoms with Crippen molar-refractivity contribution in [1.82, 2.24) is 4.90 Å². The van der Waals surface area contributed by atoms with Gasteiger partial charge in [0.1, 0.15) is 0 Å². The molecule has 0 radical (unpaired) electrons. The van der Waals surface area contributed by atoms with E-state index in [4.69, 9.17) is 0 Å². The van der Waals surface area contributed by atoms with Gasteiger partial charge < -0.3 is 4.90 Å².